The zero-order chi connectivity index (χ0) is 63.3. The fourth-order valence-electron chi connectivity index (χ4n) is 9.83. The predicted molar refractivity (Wildman–Crippen MR) is 373 cm³/mol. The van der Waals surface area contributed by atoms with E-state index in [-0.39, 0.29) is 32.2 Å². The summed E-state index contributed by atoms with van der Waals surface area (Å²) in [6.07, 6.45) is 93.2. The molecule has 0 aromatic carbocycles. The van der Waals surface area contributed by atoms with E-state index in [1.165, 1.54) is 154 Å². The molecule has 2 unspecified atom stereocenters. The number of nitrogens with zero attached hydrogens (tertiary/aromatic N) is 1. The second kappa shape index (κ2) is 67.6. The molecule has 0 aliphatic rings. The van der Waals surface area contributed by atoms with Crippen molar-refractivity contribution >= 4 is 17.9 Å². The average Bonchev–Trinajstić information content (AvgIpc) is 3.57. The minimum absolute atomic E-state index is 0.183. The van der Waals surface area contributed by atoms with Crippen LogP contribution in [0, 0.1) is 0 Å². The van der Waals surface area contributed by atoms with E-state index in [4.69, 9.17) is 18.9 Å². The molecule has 1 N–H and O–H groups in total. The molecule has 0 radical (unpaired) electrons. The number of carboxylic acids is 1. The molecule has 498 valence electrons. The van der Waals surface area contributed by atoms with Crippen LogP contribution in [0.5, 0.6) is 0 Å². The van der Waals surface area contributed by atoms with Crippen molar-refractivity contribution in [3.63, 3.8) is 0 Å². The Hall–Kier alpha value is -4.31. The lowest BCUT2D eigenvalue weighted by molar-refractivity contribution is -0.870. The number of esters is 2. The molecular weight excluding hydrogens is 1080 g/mol. The van der Waals surface area contributed by atoms with Gasteiger partial charge in [-0.1, -0.05) is 302 Å². The molecule has 9 heteroatoms. The van der Waals surface area contributed by atoms with Gasteiger partial charge in [0.15, 0.2) is 6.10 Å². The SMILES string of the molecule is CC/C=C\C/C=C\C/C=C\C/C=C\C/C=C\CCCCCCCCCCCCCCCCCCCCCCCC(=O)OC(COC(=O)CCCCCCCCCCC/C=C\C/C=C\C/C=C\C/C=C\C/C=C\CC)COC(OCC[N+](C)(C)C)C(=O)O. The summed E-state index contributed by atoms with van der Waals surface area (Å²) in [5.41, 5.74) is 0. The summed E-state index contributed by atoms with van der Waals surface area (Å²) >= 11 is 0. The van der Waals surface area contributed by atoms with Crippen LogP contribution < -0.4 is 0 Å². The van der Waals surface area contributed by atoms with Gasteiger partial charge in [-0.2, -0.15) is 0 Å². The standard InChI is InChI=1S/C78H133NO8/c1-6-8-10-12-14-16-18-20-22-24-26-28-30-32-33-34-35-36-37-38-39-40-41-42-43-45-47-49-51-53-55-57-59-61-63-65-67-69-76(81)87-74(73-86-78(77(82)83)84-71-70-79(3,4)5)72-85-75(80)68-66-64-62-60-58-56-54-52-50-48-46-44-31-29-27-25-23-21-19-17-15-13-11-9-7-2/h8-11,14-17,20-23,26-29,32-33,44,46,74,78H,6-7,12-13,18-19,24-25,30-31,34-43,45,47-73H2,1-5H3/p+1/b10-8-,11-9-,16-14-,17-15-,22-20-,23-21-,28-26-,29-27-,33-32-,46-44-. The van der Waals surface area contributed by atoms with Crippen LogP contribution in [0.3, 0.4) is 0 Å². The third-order valence-electron chi connectivity index (χ3n) is 15.2. The molecule has 0 fully saturated rings. The Morgan fingerprint density at radius 3 is 0.920 bits per heavy atom. The normalized spacial score (nSPS) is 13.4. The first-order valence-electron chi connectivity index (χ1n) is 35.7. The van der Waals surface area contributed by atoms with Gasteiger partial charge in [0.05, 0.1) is 34.4 Å². The largest absolute Gasteiger partial charge is 0.477 e. The molecule has 0 saturated carbocycles. The zero-order valence-corrected chi connectivity index (χ0v) is 56.9. The fourth-order valence-corrected chi connectivity index (χ4v) is 9.83. The Kier molecular flexibility index (Phi) is 64.3. The van der Waals surface area contributed by atoms with Crippen molar-refractivity contribution in [2.45, 2.75) is 309 Å². The number of unbranched alkanes of at least 4 members (excludes halogenated alkanes) is 30. The van der Waals surface area contributed by atoms with Crippen LogP contribution in [0.15, 0.2) is 122 Å². The molecule has 0 aromatic rings. The van der Waals surface area contributed by atoms with Crippen molar-refractivity contribution in [3.05, 3.63) is 122 Å². The number of quaternary nitrogens is 1. The number of hydrogen-bond acceptors (Lipinski definition) is 7. The monoisotopic (exact) mass is 1210 g/mol. The van der Waals surface area contributed by atoms with E-state index in [9.17, 15) is 19.5 Å². The van der Waals surface area contributed by atoms with Gasteiger partial charge in [-0.05, 0) is 103 Å². The second-order valence-electron chi connectivity index (χ2n) is 24.8. The molecule has 0 saturated heterocycles. The summed E-state index contributed by atoms with van der Waals surface area (Å²) in [5, 5.41) is 9.75. The molecule has 0 aliphatic heterocycles. The van der Waals surface area contributed by atoms with Gasteiger partial charge in [0.25, 0.3) is 6.29 Å². The molecular formula is C78H134NO8+. The topological polar surface area (TPSA) is 108 Å². The van der Waals surface area contributed by atoms with Crippen molar-refractivity contribution in [1.29, 1.82) is 0 Å². The summed E-state index contributed by atoms with van der Waals surface area (Å²) in [4.78, 5) is 37.6. The molecule has 0 aliphatic carbocycles. The number of hydrogen-bond donors (Lipinski definition) is 1. The van der Waals surface area contributed by atoms with Gasteiger partial charge in [-0.3, -0.25) is 9.59 Å². The van der Waals surface area contributed by atoms with Gasteiger partial charge in [0, 0.05) is 12.8 Å². The van der Waals surface area contributed by atoms with Crippen molar-refractivity contribution in [2.24, 2.45) is 0 Å². The van der Waals surface area contributed by atoms with E-state index < -0.39 is 24.3 Å². The Labute approximate surface area is 536 Å². The average molecular weight is 1210 g/mol. The highest BCUT2D eigenvalue weighted by atomic mass is 16.7. The van der Waals surface area contributed by atoms with Crippen molar-refractivity contribution in [2.75, 3.05) is 47.5 Å². The van der Waals surface area contributed by atoms with Crippen molar-refractivity contribution in [1.82, 2.24) is 0 Å². The molecule has 2 atom stereocenters. The van der Waals surface area contributed by atoms with Gasteiger partial charge in [-0.25, -0.2) is 4.79 Å². The third-order valence-corrected chi connectivity index (χ3v) is 15.2. The minimum Gasteiger partial charge on any atom is -0.477 e. The van der Waals surface area contributed by atoms with Gasteiger partial charge in [0.1, 0.15) is 13.2 Å². The molecule has 9 nitrogen and oxygen atoms in total. The summed E-state index contributed by atoms with van der Waals surface area (Å²) in [6.45, 7) is 4.66. The van der Waals surface area contributed by atoms with E-state index in [2.05, 4.69) is 135 Å². The van der Waals surface area contributed by atoms with Gasteiger partial charge in [0.2, 0.25) is 0 Å². The van der Waals surface area contributed by atoms with E-state index >= 15 is 0 Å². The highest BCUT2D eigenvalue weighted by molar-refractivity contribution is 5.71. The van der Waals surface area contributed by atoms with Gasteiger partial charge >= 0.3 is 17.9 Å². The van der Waals surface area contributed by atoms with E-state index in [1.54, 1.807) is 0 Å². The third kappa shape index (κ3) is 69.0. The number of carboxylic acid groups (broad SMARTS) is 1. The maximum atomic E-state index is 13.0. The molecule has 87 heavy (non-hydrogen) atoms. The molecule has 0 heterocycles. The van der Waals surface area contributed by atoms with Crippen LogP contribution in [0.25, 0.3) is 0 Å². The predicted octanol–water partition coefficient (Wildman–Crippen LogP) is 22.4. The highest BCUT2D eigenvalue weighted by Crippen LogP contribution is 2.18. The number of carbonyl (C=O) groups excluding carboxylic acids is 2. The number of likely N-dealkylation sites (N-methyl/N-ethyl adjacent to an activating group) is 1. The van der Waals surface area contributed by atoms with Crippen molar-refractivity contribution in [3.8, 4) is 0 Å². The lowest BCUT2D eigenvalue weighted by Gasteiger charge is -2.25. The Morgan fingerprint density at radius 1 is 0.345 bits per heavy atom. The number of ether oxygens (including phenoxy) is 4. The lowest BCUT2D eigenvalue weighted by atomic mass is 10.0. The molecule has 0 rings (SSSR count). The van der Waals surface area contributed by atoms with E-state index in [0.717, 1.165) is 116 Å². The molecule has 0 aromatic heterocycles. The quantitative estimate of drug-likeness (QED) is 0.0211. The zero-order valence-electron chi connectivity index (χ0n) is 56.9. The summed E-state index contributed by atoms with van der Waals surface area (Å²) in [6, 6.07) is 0. The van der Waals surface area contributed by atoms with Gasteiger partial charge < -0.3 is 28.5 Å². The summed E-state index contributed by atoms with van der Waals surface area (Å²) in [7, 11) is 5.98. The smallest absolute Gasteiger partial charge is 0.361 e. The van der Waals surface area contributed by atoms with Crippen LogP contribution in [-0.4, -0.2) is 87.4 Å². The fraction of sp³-hybridized carbons (Fsp3) is 0.705. The van der Waals surface area contributed by atoms with Crippen LogP contribution in [0.4, 0.5) is 0 Å². The number of carbonyl (C=O) groups is 3. The number of rotatable bonds is 65. The molecule has 0 bridgehead atoms. The first kappa shape index (κ1) is 82.7. The van der Waals surface area contributed by atoms with Crippen LogP contribution in [-0.2, 0) is 33.3 Å². The van der Waals surface area contributed by atoms with Gasteiger partial charge in [-0.15, -0.1) is 0 Å². The van der Waals surface area contributed by atoms with Crippen LogP contribution in [0.1, 0.15) is 296 Å². The Bertz CT molecular complexity index is 1840. The highest BCUT2D eigenvalue weighted by Gasteiger charge is 2.25. The van der Waals surface area contributed by atoms with E-state index in [0.29, 0.717) is 17.4 Å². The van der Waals surface area contributed by atoms with Crippen LogP contribution >= 0.6 is 0 Å². The summed E-state index contributed by atoms with van der Waals surface area (Å²) in [5.74, 6) is -2.01. The molecule has 0 spiro atoms. The Morgan fingerprint density at radius 2 is 0.621 bits per heavy atom. The van der Waals surface area contributed by atoms with Crippen molar-refractivity contribution < 1.29 is 42.9 Å². The minimum atomic E-state index is -1.52. The lowest BCUT2D eigenvalue weighted by Crippen LogP contribution is -2.40. The number of allylic oxidation sites excluding steroid dienone is 20. The van der Waals surface area contributed by atoms with Crippen LogP contribution in [0.2, 0.25) is 0 Å². The van der Waals surface area contributed by atoms with E-state index in [1.807, 2.05) is 21.1 Å². The number of aliphatic carboxylic acids is 1. The maximum Gasteiger partial charge on any atom is 0.361 e. The second-order valence-corrected chi connectivity index (χ2v) is 24.8. The first-order valence-corrected chi connectivity index (χ1v) is 35.7. The molecule has 0 amide bonds. The maximum absolute atomic E-state index is 13.0. The summed E-state index contributed by atoms with van der Waals surface area (Å²) < 4.78 is 23.0. The first-order chi connectivity index (χ1) is 42.6. The Balaban J connectivity index is 4.07.